The zero-order valence-electron chi connectivity index (χ0n) is 13.1. The van der Waals surface area contributed by atoms with Crippen LogP contribution in [0.4, 0.5) is 0 Å². The second-order valence-electron chi connectivity index (χ2n) is 4.89. The molecule has 2 N–H and O–H groups in total. The molecule has 0 aliphatic heterocycles. The molecule has 2 atom stereocenters. The van der Waals surface area contributed by atoms with Crippen LogP contribution in [0.2, 0.25) is 0 Å². The van der Waals surface area contributed by atoms with Gasteiger partial charge in [-0.15, -0.1) is 0 Å². The van der Waals surface area contributed by atoms with Crippen LogP contribution in [0.5, 0.6) is 0 Å². The molecule has 0 aromatic rings. The van der Waals surface area contributed by atoms with E-state index >= 15 is 0 Å². The van der Waals surface area contributed by atoms with Gasteiger partial charge in [0.05, 0.1) is 0 Å². The number of carbonyl (C=O) groups is 4. The third kappa shape index (κ3) is 14.0. The number of carboxylic acids is 2. The third-order valence-corrected chi connectivity index (χ3v) is 6.13. The molecule has 2 unspecified atom stereocenters. The average Bonchev–Trinajstić information content (AvgIpc) is 2.42. The Morgan fingerprint density at radius 2 is 1.13 bits per heavy atom. The zero-order chi connectivity index (χ0) is 17.8. The summed E-state index contributed by atoms with van der Waals surface area (Å²) in [5.74, 6) is -3.14. The van der Waals surface area contributed by atoms with Crippen LogP contribution in [-0.4, -0.2) is 55.2 Å². The van der Waals surface area contributed by atoms with Crippen LogP contribution in [0.1, 0.15) is 39.5 Å². The van der Waals surface area contributed by atoms with Crippen molar-refractivity contribution in [1.29, 1.82) is 0 Å². The normalized spacial score (nSPS) is 13.1. The molecule has 0 radical (unpaired) electrons. The minimum atomic E-state index is -1.04. The quantitative estimate of drug-likeness (QED) is 0.195. The molecule has 0 aromatic carbocycles. The molecular formula is C14H22IO8-. The number of hydrogen-bond donors (Lipinski definition) is 2. The number of rotatable bonds is 12. The number of carbonyl (C=O) groups excluding carboxylic acids is 2. The molecule has 8 nitrogen and oxygen atoms in total. The van der Waals surface area contributed by atoms with Gasteiger partial charge >= 0.3 is 145 Å². The summed E-state index contributed by atoms with van der Waals surface area (Å²) in [5, 5.41) is 16.9. The van der Waals surface area contributed by atoms with Crippen LogP contribution < -0.4 is 21.2 Å². The first kappa shape index (κ1) is 21.6. The minimum absolute atomic E-state index is 0.143. The Morgan fingerprint density at radius 3 is 1.43 bits per heavy atom. The molecule has 0 saturated carbocycles. The fraction of sp³-hybridized carbons (Fsp3) is 0.714. The van der Waals surface area contributed by atoms with Crippen molar-refractivity contribution in [3.05, 3.63) is 0 Å². The molecule has 9 heteroatoms. The van der Waals surface area contributed by atoms with Gasteiger partial charge in [0.2, 0.25) is 0 Å². The third-order valence-electron chi connectivity index (χ3n) is 2.40. The van der Waals surface area contributed by atoms with Crippen molar-refractivity contribution < 1.29 is 60.1 Å². The molecule has 0 saturated heterocycles. The number of hydrogen-bond acceptors (Lipinski definition) is 6. The van der Waals surface area contributed by atoms with E-state index in [1.807, 2.05) is 0 Å². The Labute approximate surface area is 144 Å². The van der Waals surface area contributed by atoms with E-state index < -0.39 is 23.9 Å². The van der Waals surface area contributed by atoms with Gasteiger partial charge in [0.1, 0.15) is 0 Å². The number of carboxylic acid groups (broad SMARTS) is 2. The Balaban J connectivity index is 3.79. The van der Waals surface area contributed by atoms with Crippen molar-refractivity contribution in [3.63, 3.8) is 0 Å². The van der Waals surface area contributed by atoms with E-state index in [4.69, 9.17) is 19.7 Å². The summed E-state index contributed by atoms with van der Waals surface area (Å²) >= 11 is -0.352. The fourth-order valence-electron chi connectivity index (χ4n) is 1.42. The maximum absolute atomic E-state index is 11.3. The summed E-state index contributed by atoms with van der Waals surface area (Å²) in [4.78, 5) is 43.3. The first-order chi connectivity index (χ1) is 10.7. The van der Waals surface area contributed by atoms with Crippen molar-refractivity contribution in [1.82, 2.24) is 0 Å². The number of alkyl halides is 2. The Morgan fingerprint density at radius 1 is 0.783 bits per heavy atom. The van der Waals surface area contributed by atoms with Gasteiger partial charge in [-0.1, -0.05) is 0 Å². The summed E-state index contributed by atoms with van der Waals surface area (Å²) in [6.07, 6.45) is -1.36. The van der Waals surface area contributed by atoms with Gasteiger partial charge in [0.25, 0.3) is 0 Å². The molecule has 0 spiro atoms. The van der Waals surface area contributed by atoms with Crippen LogP contribution in [0.25, 0.3) is 0 Å². The van der Waals surface area contributed by atoms with E-state index in [0.717, 1.165) is 0 Å². The van der Waals surface area contributed by atoms with E-state index in [9.17, 15) is 19.2 Å². The average molecular weight is 445 g/mol. The van der Waals surface area contributed by atoms with Crippen molar-refractivity contribution in [2.45, 2.75) is 51.7 Å². The van der Waals surface area contributed by atoms with E-state index in [2.05, 4.69) is 0 Å². The molecule has 0 aliphatic carbocycles. The van der Waals surface area contributed by atoms with Crippen molar-refractivity contribution in [2.75, 3.05) is 8.86 Å². The van der Waals surface area contributed by atoms with E-state index in [1.54, 1.807) is 13.8 Å². The summed E-state index contributed by atoms with van der Waals surface area (Å²) in [6.45, 7) is 3.48. The second kappa shape index (κ2) is 12.1. The van der Waals surface area contributed by atoms with Gasteiger partial charge in [-0.2, -0.15) is 0 Å². The molecule has 0 amide bonds. The number of esters is 2. The van der Waals surface area contributed by atoms with Crippen molar-refractivity contribution in [3.8, 4) is 0 Å². The fourth-order valence-corrected chi connectivity index (χ4v) is 3.89. The topological polar surface area (TPSA) is 127 Å². The molecule has 0 rings (SSSR count). The van der Waals surface area contributed by atoms with Gasteiger partial charge in [0, 0.05) is 0 Å². The second-order valence-corrected chi connectivity index (χ2v) is 7.73. The van der Waals surface area contributed by atoms with Crippen LogP contribution in [-0.2, 0) is 28.7 Å². The Kier molecular flexibility index (Phi) is 11.4. The van der Waals surface area contributed by atoms with E-state index in [1.165, 1.54) is 0 Å². The predicted octanol–water partition coefficient (Wildman–Crippen LogP) is -2.33. The molecule has 0 bridgehead atoms. The summed E-state index contributed by atoms with van der Waals surface area (Å²) in [7, 11) is 0. The SMILES string of the molecule is CC(C[I-]CC(C)OC(=O)CCC(=O)O)OC(=O)CCC(=O)O. The monoisotopic (exact) mass is 445 g/mol. The van der Waals surface area contributed by atoms with E-state index in [-0.39, 0.29) is 59.1 Å². The first-order valence-corrected chi connectivity index (χ1v) is 10.1. The van der Waals surface area contributed by atoms with Crippen LogP contribution in [0, 0.1) is 0 Å². The number of halogens is 1. The van der Waals surface area contributed by atoms with Crippen LogP contribution in [0.3, 0.4) is 0 Å². The molecule has 134 valence electrons. The molecular weight excluding hydrogens is 423 g/mol. The summed E-state index contributed by atoms with van der Waals surface area (Å²) in [5.41, 5.74) is 0. The summed E-state index contributed by atoms with van der Waals surface area (Å²) in [6, 6.07) is 0. The summed E-state index contributed by atoms with van der Waals surface area (Å²) < 4.78 is 11.5. The Bertz CT molecular complexity index is 385. The molecule has 0 aromatic heterocycles. The predicted molar refractivity (Wildman–Crippen MR) is 74.6 cm³/mol. The van der Waals surface area contributed by atoms with Gasteiger partial charge in [-0.3, -0.25) is 0 Å². The van der Waals surface area contributed by atoms with Gasteiger partial charge in [-0.05, 0) is 0 Å². The number of aliphatic carboxylic acids is 2. The molecule has 0 aliphatic rings. The van der Waals surface area contributed by atoms with Gasteiger partial charge in [-0.25, -0.2) is 0 Å². The number of ether oxygens (including phenoxy) is 2. The maximum atomic E-state index is 11.3. The Hall–Kier alpha value is -1.39. The zero-order valence-corrected chi connectivity index (χ0v) is 15.3. The van der Waals surface area contributed by atoms with Crippen molar-refractivity contribution in [2.24, 2.45) is 0 Å². The molecule has 0 fully saturated rings. The van der Waals surface area contributed by atoms with Crippen molar-refractivity contribution >= 4 is 23.9 Å². The molecule has 0 heterocycles. The van der Waals surface area contributed by atoms with Gasteiger partial charge < -0.3 is 0 Å². The molecule has 23 heavy (non-hydrogen) atoms. The van der Waals surface area contributed by atoms with Crippen LogP contribution in [0.15, 0.2) is 0 Å². The first-order valence-electron chi connectivity index (χ1n) is 7.06. The van der Waals surface area contributed by atoms with E-state index in [0.29, 0.717) is 8.86 Å². The van der Waals surface area contributed by atoms with Crippen LogP contribution >= 0.6 is 0 Å². The standard InChI is InChI=1S/C14H22IO8/c1-9(22-13(20)5-3-11(16)17)7-15-8-10(2)23-14(21)6-4-12(18)19/h9-10H,3-8H2,1-2H3,(H,16,17)(H,18,19)/q-1. The van der Waals surface area contributed by atoms with Gasteiger partial charge in [0.15, 0.2) is 0 Å².